The molecule has 1 amide bonds. The monoisotopic (exact) mass is 536 g/mol. The lowest BCUT2D eigenvalue weighted by Gasteiger charge is -2.15. The Labute approximate surface area is 232 Å². The number of benzene rings is 3. The summed E-state index contributed by atoms with van der Waals surface area (Å²) in [5.41, 5.74) is 4.31. The molecule has 0 atom stereocenters. The van der Waals surface area contributed by atoms with Gasteiger partial charge in [-0.15, -0.1) is 0 Å². The van der Waals surface area contributed by atoms with E-state index in [1.165, 1.54) is 11.8 Å². The lowest BCUT2D eigenvalue weighted by molar-refractivity contribution is -0.122. The van der Waals surface area contributed by atoms with E-state index in [4.69, 9.17) is 14.1 Å². The van der Waals surface area contributed by atoms with Crippen LogP contribution in [0.25, 0.3) is 17.4 Å². The van der Waals surface area contributed by atoms with Gasteiger partial charge >= 0.3 is 5.97 Å². The molecule has 2 heterocycles. The third-order valence-electron chi connectivity index (χ3n) is 6.17. The number of rotatable bonds is 8. The Morgan fingerprint density at radius 3 is 2.56 bits per heavy atom. The van der Waals surface area contributed by atoms with Gasteiger partial charge in [-0.1, -0.05) is 60.2 Å². The average molecular weight is 537 g/mol. The van der Waals surface area contributed by atoms with Crippen molar-refractivity contribution in [3.8, 4) is 11.3 Å². The molecule has 1 saturated heterocycles. The normalized spacial score (nSPS) is 15.3. The molecular weight excluding hydrogens is 508 g/mol. The van der Waals surface area contributed by atoms with Crippen LogP contribution in [-0.2, 0) is 16.0 Å². The first-order chi connectivity index (χ1) is 19.0. The van der Waals surface area contributed by atoms with Crippen LogP contribution in [0.15, 0.2) is 105 Å². The number of carbonyl (C=O) groups excluding carboxylic acids is 2. The van der Waals surface area contributed by atoms with E-state index in [9.17, 15) is 9.59 Å². The first-order valence-corrected chi connectivity index (χ1v) is 13.6. The summed E-state index contributed by atoms with van der Waals surface area (Å²) in [5.74, 6) is 0.654. The summed E-state index contributed by atoms with van der Waals surface area (Å²) in [7, 11) is 0. The van der Waals surface area contributed by atoms with Gasteiger partial charge < -0.3 is 9.15 Å². The van der Waals surface area contributed by atoms with E-state index in [1.807, 2.05) is 67.6 Å². The van der Waals surface area contributed by atoms with Gasteiger partial charge in [-0.2, -0.15) is 0 Å². The summed E-state index contributed by atoms with van der Waals surface area (Å²) in [6.07, 6.45) is 2.47. The standard InChI is InChI=1S/C32H28N2O4S/c1-3-37-31(36)25-11-7-10-24(20-25)28-17-16-27(38-28)21-29-30(35)34(19-18-23-8-5-4-6-9-23)32(39-29)33-26-14-12-22(2)13-15-26/h4-17,20-21H,3,18-19H2,1-2H3/b29-21+,33-32?. The summed E-state index contributed by atoms with van der Waals surface area (Å²) < 4.78 is 11.2. The summed E-state index contributed by atoms with van der Waals surface area (Å²) in [4.78, 5) is 32.7. The van der Waals surface area contributed by atoms with Gasteiger partial charge in [-0.25, -0.2) is 9.79 Å². The molecule has 7 heteroatoms. The highest BCUT2D eigenvalue weighted by Gasteiger charge is 2.33. The minimum Gasteiger partial charge on any atom is -0.462 e. The van der Waals surface area contributed by atoms with Gasteiger partial charge in [0.15, 0.2) is 5.17 Å². The summed E-state index contributed by atoms with van der Waals surface area (Å²) in [6, 6.07) is 28.8. The van der Waals surface area contributed by atoms with Gasteiger partial charge in [0.25, 0.3) is 5.91 Å². The highest BCUT2D eigenvalue weighted by Crippen LogP contribution is 2.35. The van der Waals surface area contributed by atoms with E-state index in [0.717, 1.165) is 28.8 Å². The van der Waals surface area contributed by atoms with Gasteiger partial charge in [0.1, 0.15) is 11.5 Å². The zero-order valence-corrected chi connectivity index (χ0v) is 22.6. The maximum atomic E-state index is 13.5. The van der Waals surface area contributed by atoms with Crippen LogP contribution in [0.2, 0.25) is 0 Å². The van der Waals surface area contributed by atoms with E-state index in [-0.39, 0.29) is 11.9 Å². The van der Waals surface area contributed by atoms with Crippen LogP contribution in [0, 0.1) is 6.92 Å². The van der Waals surface area contributed by atoms with Crippen LogP contribution in [0.1, 0.15) is 34.2 Å². The average Bonchev–Trinajstić information content (AvgIpc) is 3.54. The molecule has 0 unspecified atom stereocenters. The minimum absolute atomic E-state index is 0.107. The molecule has 0 spiro atoms. The van der Waals surface area contributed by atoms with Crippen molar-refractivity contribution in [3.63, 3.8) is 0 Å². The molecule has 1 aliphatic heterocycles. The van der Waals surface area contributed by atoms with Gasteiger partial charge in [0.05, 0.1) is 22.8 Å². The SMILES string of the molecule is CCOC(=O)c1cccc(-c2ccc(/C=C3/SC(=Nc4ccc(C)cc4)N(CCc4ccccc4)C3=O)o2)c1. The fourth-order valence-corrected chi connectivity index (χ4v) is 5.14. The smallest absolute Gasteiger partial charge is 0.338 e. The van der Waals surface area contributed by atoms with Gasteiger partial charge in [-0.05, 0) is 74.0 Å². The number of hydrogen-bond donors (Lipinski definition) is 0. The maximum Gasteiger partial charge on any atom is 0.338 e. The van der Waals surface area contributed by atoms with Gasteiger partial charge in [-0.3, -0.25) is 9.69 Å². The molecule has 1 fully saturated rings. The molecule has 0 radical (unpaired) electrons. The molecular formula is C32H28N2O4S. The Kier molecular flexibility index (Phi) is 8.08. The summed E-state index contributed by atoms with van der Waals surface area (Å²) in [6.45, 7) is 4.63. The fraction of sp³-hybridized carbons (Fsp3) is 0.156. The topological polar surface area (TPSA) is 72.1 Å². The van der Waals surface area contributed by atoms with Crippen molar-refractivity contribution in [1.29, 1.82) is 0 Å². The third kappa shape index (κ3) is 6.38. The zero-order chi connectivity index (χ0) is 27.2. The second-order valence-corrected chi connectivity index (χ2v) is 10.0. The van der Waals surface area contributed by atoms with E-state index in [1.54, 1.807) is 36.1 Å². The molecule has 0 saturated carbocycles. The van der Waals surface area contributed by atoms with Crippen LogP contribution < -0.4 is 0 Å². The minimum atomic E-state index is -0.378. The van der Waals surface area contributed by atoms with Crippen molar-refractivity contribution in [2.24, 2.45) is 4.99 Å². The molecule has 0 N–H and O–H groups in total. The molecule has 0 bridgehead atoms. The highest BCUT2D eigenvalue weighted by molar-refractivity contribution is 8.18. The molecule has 1 aromatic heterocycles. The Morgan fingerprint density at radius 2 is 1.79 bits per heavy atom. The quantitative estimate of drug-likeness (QED) is 0.175. The molecule has 0 aliphatic carbocycles. The van der Waals surface area contributed by atoms with Crippen molar-refractivity contribution in [2.45, 2.75) is 20.3 Å². The number of carbonyl (C=O) groups is 2. The summed E-state index contributed by atoms with van der Waals surface area (Å²) in [5, 5.41) is 0.639. The third-order valence-corrected chi connectivity index (χ3v) is 7.18. The van der Waals surface area contributed by atoms with E-state index in [2.05, 4.69) is 12.1 Å². The number of ether oxygens (including phenoxy) is 1. The first-order valence-electron chi connectivity index (χ1n) is 12.8. The number of amidine groups is 1. The van der Waals surface area contributed by atoms with Crippen LogP contribution in [0.5, 0.6) is 0 Å². The number of thioether (sulfide) groups is 1. The van der Waals surface area contributed by atoms with Crippen LogP contribution in [0.4, 0.5) is 5.69 Å². The number of nitrogens with zero attached hydrogens (tertiary/aromatic N) is 2. The number of aryl methyl sites for hydroxylation is 1. The Morgan fingerprint density at radius 1 is 1.00 bits per heavy atom. The molecule has 3 aromatic carbocycles. The van der Waals surface area contributed by atoms with Crippen LogP contribution >= 0.6 is 11.8 Å². The Hall–Kier alpha value is -4.36. The Bertz CT molecular complexity index is 1540. The van der Waals surface area contributed by atoms with Crippen molar-refractivity contribution >= 4 is 40.6 Å². The molecule has 1 aliphatic rings. The van der Waals surface area contributed by atoms with Crippen molar-refractivity contribution in [3.05, 3.63) is 118 Å². The predicted octanol–water partition coefficient (Wildman–Crippen LogP) is 7.28. The molecule has 6 nitrogen and oxygen atoms in total. The van der Waals surface area contributed by atoms with Crippen LogP contribution in [-0.4, -0.2) is 35.1 Å². The van der Waals surface area contributed by atoms with Crippen molar-refractivity contribution < 1.29 is 18.7 Å². The van der Waals surface area contributed by atoms with E-state index < -0.39 is 0 Å². The van der Waals surface area contributed by atoms with E-state index in [0.29, 0.717) is 40.3 Å². The predicted molar refractivity (Wildman–Crippen MR) is 156 cm³/mol. The Balaban J connectivity index is 1.40. The fourth-order valence-electron chi connectivity index (χ4n) is 4.13. The lowest BCUT2D eigenvalue weighted by atomic mass is 10.1. The number of esters is 1. The summed E-state index contributed by atoms with van der Waals surface area (Å²) >= 11 is 1.34. The first kappa shape index (κ1) is 26.3. The number of aliphatic imine (C=N–C) groups is 1. The lowest BCUT2D eigenvalue weighted by Crippen LogP contribution is -2.31. The number of furan rings is 1. The van der Waals surface area contributed by atoms with Crippen molar-refractivity contribution in [2.75, 3.05) is 13.2 Å². The zero-order valence-electron chi connectivity index (χ0n) is 21.8. The van der Waals surface area contributed by atoms with Gasteiger partial charge in [0, 0.05) is 18.2 Å². The van der Waals surface area contributed by atoms with E-state index >= 15 is 0 Å². The maximum absolute atomic E-state index is 13.5. The number of amides is 1. The molecule has 39 heavy (non-hydrogen) atoms. The van der Waals surface area contributed by atoms with Crippen molar-refractivity contribution in [1.82, 2.24) is 4.90 Å². The second-order valence-electron chi connectivity index (χ2n) is 9.04. The largest absolute Gasteiger partial charge is 0.462 e. The molecule has 4 aromatic rings. The van der Waals surface area contributed by atoms with Gasteiger partial charge in [0.2, 0.25) is 0 Å². The second kappa shape index (κ2) is 12.0. The number of hydrogen-bond acceptors (Lipinski definition) is 6. The highest BCUT2D eigenvalue weighted by atomic mass is 32.2. The van der Waals surface area contributed by atoms with Crippen LogP contribution in [0.3, 0.4) is 0 Å². The molecule has 5 rings (SSSR count). The molecule has 196 valence electrons.